The molecule has 1 aliphatic rings. The maximum Gasteiger partial charge on any atom is 0.288 e. The van der Waals surface area contributed by atoms with Crippen LogP contribution in [0.4, 0.5) is 11.5 Å². The Kier molecular flexibility index (Phi) is 4.16. The standard InChI is InChI=1S/C13H18N4O3/c1-3-4-8-5-11(8)16-13(18)10-6-9(17(19)20)7-15-12(10)14-2/h6-8,11H,3-5H2,1-2H3,(H,14,15)(H,16,18). The van der Waals surface area contributed by atoms with Gasteiger partial charge in [0.1, 0.15) is 12.0 Å². The lowest BCUT2D eigenvalue weighted by Gasteiger charge is -2.08. The van der Waals surface area contributed by atoms with Gasteiger partial charge in [0.25, 0.3) is 11.6 Å². The molecule has 2 N–H and O–H groups in total. The highest BCUT2D eigenvalue weighted by Gasteiger charge is 2.37. The van der Waals surface area contributed by atoms with E-state index in [4.69, 9.17) is 0 Å². The van der Waals surface area contributed by atoms with Crippen molar-refractivity contribution < 1.29 is 9.72 Å². The van der Waals surface area contributed by atoms with Crippen molar-refractivity contribution >= 4 is 17.4 Å². The number of hydrogen-bond donors (Lipinski definition) is 2. The monoisotopic (exact) mass is 278 g/mol. The lowest BCUT2D eigenvalue weighted by Crippen LogP contribution is -2.28. The molecule has 20 heavy (non-hydrogen) atoms. The molecule has 1 saturated carbocycles. The zero-order chi connectivity index (χ0) is 14.7. The van der Waals surface area contributed by atoms with Crippen molar-refractivity contribution in [2.24, 2.45) is 5.92 Å². The summed E-state index contributed by atoms with van der Waals surface area (Å²) in [4.78, 5) is 26.3. The minimum atomic E-state index is -0.555. The van der Waals surface area contributed by atoms with Gasteiger partial charge in [-0.15, -0.1) is 0 Å². The molecule has 1 amide bonds. The average molecular weight is 278 g/mol. The van der Waals surface area contributed by atoms with Crippen LogP contribution in [0.15, 0.2) is 12.3 Å². The number of nitrogens with one attached hydrogen (secondary N) is 2. The van der Waals surface area contributed by atoms with Crippen molar-refractivity contribution in [1.82, 2.24) is 10.3 Å². The Labute approximate surface area is 116 Å². The molecule has 1 heterocycles. The Morgan fingerprint density at radius 2 is 2.35 bits per heavy atom. The van der Waals surface area contributed by atoms with Crippen molar-refractivity contribution in [2.75, 3.05) is 12.4 Å². The van der Waals surface area contributed by atoms with E-state index in [0.717, 1.165) is 25.5 Å². The number of carbonyl (C=O) groups excluding carboxylic acids is 1. The Hall–Kier alpha value is -2.18. The third-order valence-corrected chi connectivity index (χ3v) is 3.46. The SMILES string of the molecule is CCCC1CC1NC(=O)c1cc([N+](=O)[O-])cnc1NC. The number of pyridine rings is 1. The fraction of sp³-hybridized carbons (Fsp3) is 0.538. The first-order valence-corrected chi connectivity index (χ1v) is 6.69. The lowest BCUT2D eigenvalue weighted by molar-refractivity contribution is -0.385. The molecule has 1 aliphatic carbocycles. The summed E-state index contributed by atoms with van der Waals surface area (Å²) in [5, 5.41) is 16.4. The molecule has 0 radical (unpaired) electrons. The van der Waals surface area contributed by atoms with Crippen LogP contribution in [0.1, 0.15) is 36.5 Å². The molecule has 0 aliphatic heterocycles. The molecule has 1 aromatic heterocycles. The second kappa shape index (κ2) is 5.85. The summed E-state index contributed by atoms with van der Waals surface area (Å²) in [6, 6.07) is 1.44. The zero-order valence-corrected chi connectivity index (χ0v) is 11.5. The van der Waals surface area contributed by atoms with Gasteiger partial charge in [0.2, 0.25) is 0 Å². The molecule has 2 atom stereocenters. The Morgan fingerprint density at radius 1 is 1.60 bits per heavy atom. The van der Waals surface area contributed by atoms with Crippen LogP contribution in [0, 0.1) is 16.0 Å². The van der Waals surface area contributed by atoms with Gasteiger partial charge in [-0.05, 0) is 18.8 Å². The van der Waals surface area contributed by atoms with E-state index in [0.29, 0.717) is 11.7 Å². The molecule has 1 fully saturated rings. The van der Waals surface area contributed by atoms with Crippen LogP contribution in [0.3, 0.4) is 0 Å². The van der Waals surface area contributed by atoms with Gasteiger partial charge >= 0.3 is 0 Å². The minimum absolute atomic E-state index is 0.185. The van der Waals surface area contributed by atoms with Gasteiger partial charge < -0.3 is 10.6 Å². The van der Waals surface area contributed by atoms with Crippen molar-refractivity contribution in [2.45, 2.75) is 32.2 Å². The van der Waals surface area contributed by atoms with E-state index in [2.05, 4.69) is 22.5 Å². The van der Waals surface area contributed by atoms with Gasteiger partial charge in [-0.3, -0.25) is 14.9 Å². The van der Waals surface area contributed by atoms with E-state index in [1.807, 2.05) is 0 Å². The molecule has 2 rings (SSSR count). The van der Waals surface area contributed by atoms with Crippen LogP contribution in [0.25, 0.3) is 0 Å². The molecule has 1 aromatic rings. The van der Waals surface area contributed by atoms with Crippen molar-refractivity contribution in [1.29, 1.82) is 0 Å². The quantitative estimate of drug-likeness (QED) is 0.612. The highest BCUT2D eigenvalue weighted by Crippen LogP contribution is 2.35. The van der Waals surface area contributed by atoms with Gasteiger partial charge in [-0.2, -0.15) is 0 Å². The smallest absolute Gasteiger partial charge is 0.288 e. The highest BCUT2D eigenvalue weighted by molar-refractivity contribution is 5.99. The number of carbonyl (C=O) groups is 1. The van der Waals surface area contributed by atoms with Crippen LogP contribution in [0.5, 0.6) is 0 Å². The van der Waals surface area contributed by atoms with Crippen LogP contribution < -0.4 is 10.6 Å². The Balaban J connectivity index is 2.12. The van der Waals surface area contributed by atoms with Crippen LogP contribution in [0.2, 0.25) is 0 Å². The van der Waals surface area contributed by atoms with Gasteiger partial charge in [-0.1, -0.05) is 13.3 Å². The number of nitro groups is 1. The number of hydrogen-bond acceptors (Lipinski definition) is 5. The first kappa shape index (κ1) is 14.2. The van der Waals surface area contributed by atoms with Crippen molar-refractivity contribution in [3.05, 3.63) is 27.9 Å². The van der Waals surface area contributed by atoms with Crippen LogP contribution in [-0.2, 0) is 0 Å². The number of rotatable bonds is 6. The molecule has 0 saturated heterocycles. The third kappa shape index (κ3) is 3.04. The largest absolute Gasteiger partial charge is 0.372 e. The predicted molar refractivity (Wildman–Crippen MR) is 74.7 cm³/mol. The molecule has 108 valence electrons. The lowest BCUT2D eigenvalue weighted by atomic mass is 10.2. The second-order valence-electron chi connectivity index (χ2n) is 4.96. The van der Waals surface area contributed by atoms with E-state index in [-0.39, 0.29) is 23.2 Å². The summed E-state index contributed by atoms with van der Waals surface area (Å²) in [5.41, 5.74) is 0.0268. The van der Waals surface area contributed by atoms with E-state index >= 15 is 0 Å². The predicted octanol–water partition coefficient (Wildman–Crippen LogP) is 1.95. The normalized spacial score (nSPS) is 20.3. The summed E-state index contributed by atoms with van der Waals surface area (Å²) in [5.74, 6) is 0.573. The molecule has 7 heteroatoms. The van der Waals surface area contributed by atoms with Crippen LogP contribution in [-0.4, -0.2) is 28.9 Å². The number of aromatic nitrogens is 1. The van der Waals surface area contributed by atoms with Crippen molar-refractivity contribution in [3.8, 4) is 0 Å². The number of nitrogens with zero attached hydrogens (tertiary/aromatic N) is 2. The summed E-state index contributed by atoms with van der Waals surface area (Å²) < 4.78 is 0. The fourth-order valence-electron chi connectivity index (χ4n) is 2.29. The van der Waals surface area contributed by atoms with E-state index in [9.17, 15) is 14.9 Å². The second-order valence-corrected chi connectivity index (χ2v) is 4.96. The highest BCUT2D eigenvalue weighted by atomic mass is 16.6. The minimum Gasteiger partial charge on any atom is -0.372 e. The molecular formula is C13H18N4O3. The summed E-state index contributed by atoms with van der Waals surface area (Å²) in [7, 11) is 1.63. The average Bonchev–Trinajstić information content (AvgIpc) is 3.16. The molecule has 0 spiro atoms. The van der Waals surface area contributed by atoms with E-state index < -0.39 is 4.92 Å². The maximum atomic E-state index is 12.2. The molecule has 7 nitrogen and oxygen atoms in total. The maximum absolute atomic E-state index is 12.2. The third-order valence-electron chi connectivity index (χ3n) is 3.46. The first-order chi connectivity index (χ1) is 9.56. The molecule has 0 bridgehead atoms. The summed E-state index contributed by atoms with van der Waals surface area (Å²) in [6.45, 7) is 2.11. The van der Waals surface area contributed by atoms with Gasteiger partial charge in [-0.25, -0.2) is 4.98 Å². The van der Waals surface area contributed by atoms with Gasteiger partial charge in [0.05, 0.1) is 10.5 Å². The Bertz CT molecular complexity index is 532. The molecular weight excluding hydrogens is 260 g/mol. The summed E-state index contributed by atoms with van der Waals surface area (Å²) in [6.07, 6.45) is 4.31. The van der Waals surface area contributed by atoms with Gasteiger partial charge in [0.15, 0.2) is 0 Å². The summed E-state index contributed by atoms with van der Waals surface area (Å²) >= 11 is 0. The van der Waals surface area contributed by atoms with E-state index in [1.54, 1.807) is 7.05 Å². The first-order valence-electron chi connectivity index (χ1n) is 6.69. The fourth-order valence-corrected chi connectivity index (χ4v) is 2.29. The number of amides is 1. The van der Waals surface area contributed by atoms with Crippen molar-refractivity contribution in [3.63, 3.8) is 0 Å². The number of anilines is 1. The molecule has 2 unspecified atom stereocenters. The van der Waals surface area contributed by atoms with E-state index in [1.165, 1.54) is 6.07 Å². The Morgan fingerprint density at radius 3 is 2.95 bits per heavy atom. The zero-order valence-electron chi connectivity index (χ0n) is 11.5. The molecule has 0 aromatic carbocycles. The van der Waals surface area contributed by atoms with Gasteiger partial charge in [0, 0.05) is 19.2 Å². The van der Waals surface area contributed by atoms with Crippen LogP contribution >= 0.6 is 0 Å². The topological polar surface area (TPSA) is 97.2 Å².